The normalized spacial score (nSPS) is 17.3. The zero-order chi connectivity index (χ0) is 34.3. The average Bonchev–Trinajstić information content (AvgIpc) is 3.04. The molecule has 1 fully saturated rings. The molecule has 1 aliphatic heterocycles. The first-order valence-corrected chi connectivity index (χ1v) is 17.1. The number of ether oxygens (including phenoxy) is 1. The highest BCUT2D eigenvalue weighted by Crippen LogP contribution is 2.46. The van der Waals surface area contributed by atoms with E-state index in [1.807, 2.05) is 30.5 Å². The van der Waals surface area contributed by atoms with Crippen LogP contribution in [0.2, 0.25) is 0 Å². The lowest BCUT2D eigenvalue weighted by Gasteiger charge is -2.47. The fourth-order valence-corrected chi connectivity index (χ4v) is 6.66. The first-order chi connectivity index (χ1) is 22.3. The fraction of sp³-hybridized carbons (Fsp3) is 0.353. The van der Waals surface area contributed by atoms with Crippen LogP contribution in [0.25, 0.3) is 0 Å². The van der Waals surface area contributed by atoms with Crippen molar-refractivity contribution in [2.45, 2.75) is 49.1 Å². The molecule has 1 saturated heterocycles. The van der Waals surface area contributed by atoms with Gasteiger partial charge in [-0.25, -0.2) is 9.18 Å². The Labute approximate surface area is 281 Å². The minimum absolute atomic E-state index is 0.158. The molecule has 47 heavy (non-hydrogen) atoms. The van der Waals surface area contributed by atoms with E-state index in [2.05, 4.69) is 10.6 Å². The molecular formula is C34H38FN3O7S2. The van der Waals surface area contributed by atoms with Gasteiger partial charge in [-0.3, -0.25) is 14.4 Å². The van der Waals surface area contributed by atoms with E-state index in [0.717, 1.165) is 16.0 Å². The number of aliphatic carboxylic acids is 1. The van der Waals surface area contributed by atoms with Crippen molar-refractivity contribution in [3.63, 3.8) is 0 Å². The largest absolute Gasteiger partial charge is 0.484 e. The van der Waals surface area contributed by atoms with E-state index in [1.54, 1.807) is 73.8 Å². The van der Waals surface area contributed by atoms with Crippen LogP contribution in [-0.2, 0) is 19.2 Å². The SMILES string of the molecule is CSc1ccc(C(O)CS[C@H]2C(=O)N(c3ccc(F)cc3)C2c2ccc(OCC(=O)NCC(=O)N[C@@H](C(=O)O)C(C)(C)C)cc2)cc1. The van der Waals surface area contributed by atoms with Gasteiger partial charge in [0.2, 0.25) is 11.8 Å². The number of carboxylic acids is 1. The standard InChI is InChI=1S/C34H38FN3O7S2/c1-34(2,3)31(33(43)44)37-27(40)17-36-28(41)18-45-24-13-5-21(6-14-24)29-30(32(42)38(29)23-11-9-22(35)10-12-23)47-19-26(39)20-7-15-25(46-4)16-8-20/h5-16,26,29-31,39H,17-19H2,1-4H3,(H,36,41)(H,37,40)(H,43,44)/t26?,29?,30-,31+/m1/s1. The van der Waals surface area contributed by atoms with Crippen molar-refractivity contribution in [2.75, 3.05) is 30.1 Å². The van der Waals surface area contributed by atoms with E-state index in [0.29, 0.717) is 17.2 Å². The Morgan fingerprint density at radius 1 is 0.979 bits per heavy atom. The first kappa shape index (κ1) is 35.8. The second-order valence-electron chi connectivity index (χ2n) is 12.0. The number of thioether (sulfide) groups is 2. The Morgan fingerprint density at radius 2 is 1.62 bits per heavy atom. The predicted octanol–water partition coefficient (Wildman–Crippen LogP) is 4.58. The van der Waals surface area contributed by atoms with Crippen LogP contribution in [0.15, 0.2) is 77.7 Å². The number of hydrogen-bond donors (Lipinski definition) is 4. The number of amides is 3. The Bertz CT molecular complexity index is 1560. The maximum Gasteiger partial charge on any atom is 0.326 e. The number of halogens is 1. The van der Waals surface area contributed by atoms with Crippen molar-refractivity contribution in [1.29, 1.82) is 0 Å². The summed E-state index contributed by atoms with van der Waals surface area (Å²) in [7, 11) is 0. The van der Waals surface area contributed by atoms with Gasteiger partial charge in [0.25, 0.3) is 5.91 Å². The lowest BCUT2D eigenvalue weighted by atomic mass is 9.87. The number of carboxylic acid groups (broad SMARTS) is 1. The third-order valence-electron chi connectivity index (χ3n) is 7.54. The van der Waals surface area contributed by atoms with E-state index >= 15 is 0 Å². The second kappa shape index (κ2) is 15.7. The van der Waals surface area contributed by atoms with Gasteiger partial charge in [0.1, 0.15) is 22.9 Å². The molecule has 13 heteroatoms. The van der Waals surface area contributed by atoms with Crippen molar-refractivity contribution in [3.8, 4) is 5.75 Å². The number of nitrogens with zero attached hydrogens (tertiary/aromatic N) is 1. The van der Waals surface area contributed by atoms with Gasteiger partial charge < -0.3 is 30.5 Å². The molecule has 3 aromatic carbocycles. The summed E-state index contributed by atoms with van der Waals surface area (Å²) < 4.78 is 19.2. The molecular weight excluding hydrogens is 646 g/mol. The summed E-state index contributed by atoms with van der Waals surface area (Å²) in [5.74, 6) is -2.29. The van der Waals surface area contributed by atoms with Crippen LogP contribution in [-0.4, -0.2) is 70.4 Å². The van der Waals surface area contributed by atoms with Gasteiger partial charge >= 0.3 is 5.97 Å². The molecule has 3 amide bonds. The number of β-lactam (4-membered cyclic amide) rings is 1. The highest BCUT2D eigenvalue weighted by molar-refractivity contribution is 8.00. The zero-order valence-corrected chi connectivity index (χ0v) is 28.1. The quantitative estimate of drug-likeness (QED) is 0.142. The summed E-state index contributed by atoms with van der Waals surface area (Å²) >= 11 is 2.96. The number of hydrogen-bond acceptors (Lipinski definition) is 8. The number of aliphatic hydroxyl groups is 1. The minimum atomic E-state index is -1.17. The molecule has 1 aliphatic rings. The second-order valence-corrected chi connectivity index (χ2v) is 14.1. The predicted molar refractivity (Wildman–Crippen MR) is 180 cm³/mol. The van der Waals surface area contributed by atoms with Crippen LogP contribution < -0.4 is 20.3 Å². The number of aliphatic hydroxyl groups excluding tert-OH is 1. The molecule has 0 radical (unpaired) electrons. The third kappa shape index (κ3) is 9.27. The van der Waals surface area contributed by atoms with Crippen LogP contribution in [0.4, 0.5) is 10.1 Å². The van der Waals surface area contributed by atoms with Crippen molar-refractivity contribution < 1.29 is 38.5 Å². The number of carbonyl (C=O) groups excluding carboxylic acids is 3. The van der Waals surface area contributed by atoms with E-state index in [4.69, 9.17) is 4.74 Å². The van der Waals surface area contributed by atoms with Gasteiger partial charge in [-0.1, -0.05) is 45.0 Å². The Balaban J connectivity index is 1.37. The molecule has 0 spiro atoms. The highest BCUT2D eigenvalue weighted by Gasteiger charge is 2.49. The summed E-state index contributed by atoms with van der Waals surface area (Å²) in [4.78, 5) is 52.0. The van der Waals surface area contributed by atoms with Crippen LogP contribution in [0, 0.1) is 11.2 Å². The minimum Gasteiger partial charge on any atom is -0.484 e. The van der Waals surface area contributed by atoms with Crippen molar-refractivity contribution in [1.82, 2.24) is 10.6 Å². The van der Waals surface area contributed by atoms with Gasteiger partial charge in [-0.15, -0.1) is 23.5 Å². The monoisotopic (exact) mass is 683 g/mol. The van der Waals surface area contributed by atoms with Crippen LogP contribution in [0.1, 0.15) is 44.0 Å². The van der Waals surface area contributed by atoms with Gasteiger partial charge in [0, 0.05) is 16.3 Å². The maximum atomic E-state index is 13.6. The van der Waals surface area contributed by atoms with Crippen molar-refractivity contribution in [3.05, 3.63) is 89.7 Å². The van der Waals surface area contributed by atoms with Gasteiger partial charge in [0.15, 0.2) is 6.61 Å². The molecule has 250 valence electrons. The molecule has 4 rings (SSSR count). The first-order valence-electron chi connectivity index (χ1n) is 14.8. The number of carbonyl (C=O) groups is 4. The maximum absolute atomic E-state index is 13.6. The number of nitrogens with one attached hydrogen (secondary N) is 2. The van der Waals surface area contributed by atoms with Crippen molar-refractivity contribution in [2.24, 2.45) is 5.41 Å². The summed E-state index contributed by atoms with van der Waals surface area (Å²) in [6.07, 6.45) is 1.21. The lowest BCUT2D eigenvalue weighted by molar-refractivity contribution is -0.144. The molecule has 2 unspecified atom stereocenters. The topological polar surface area (TPSA) is 145 Å². The summed E-state index contributed by atoms with van der Waals surface area (Å²) in [6, 6.07) is 18.7. The Hall–Kier alpha value is -4.07. The summed E-state index contributed by atoms with van der Waals surface area (Å²) in [6.45, 7) is 4.26. The molecule has 0 saturated carbocycles. The summed E-state index contributed by atoms with van der Waals surface area (Å²) in [5.41, 5.74) is 1.37. The van der Waals surface area contributed by atoms with Gasteiger partial charge in [-0.05, 0) is 71.3 Å². The smallest absolute Gasteiger partial charge is 0.326 e. The Morgan fingerprint density at radius 3 is 2.19 bits per heavy atom. The van der Waals surface area contributed by atoms with E-state index < -0.39 is 59.0 Å². The van der Waals surface area contributed by atoms with E-state index in [-0.39, 0.29) is 12.5 Å². The number of anilines is 1. The zero-order valence-electron chi connectivity index (χ0n) is 26.4. The Kier molecular flexibility index (Phi) is 11.9. The molecule has 3 aromatic rings. The average molecular weight is 684 g/mol. The molecule has 4 N–H and O–H groups in total. The van der Waals surface area contributed by atoms with Gasteiger partial charge in [-0.2, -0.15) is 0 Å². The number of rotatable bonds is 14. The number of benzene rings is 3. The highest BCUT2D eigenvalue weighted by atomic mass is 32.2. The van der Waals surface area contributed by atoms with Crippen molar-refractivity contribution >= 4 is 52.9 Å². The summed E-state index contributed by atoms with van der Waals surface area (Å²) in [5, 5.41) is 24.5. The molecule has 4 atom stereocenters. The van der Waals surface area contributed by atoms with Crippen LogP contribution >= 0.6 is 23.5 Å². The molecule has 0 bridgehead atoms. The molecule has 10 nitrogen and oxygen atoms in total. The third-order valence-corrected chi connectivity index (χ3v) is 9.61. The molecule has 0 aliphatic carbocycles. The van der Waals surface area contributed by atoms with Crippen LogP contribution in [0.5, 0.6) is 5.75 Å². The van der Waals surface area contributed by atoms with Crippen LogP contribution in [0.3, 0.4) is 0 Å². The fourth-order valence-electron chi connectivity index (χ4n) is 4.96. The molecule has 0 aromatic heterocycles. The lowest BCUT2D eigenvalue weighted by Crippen LogP contribution is -2.57. The van der Waals surface area contributed by atoms with Gasteiger partial charge in [0.05, 0.1) is 18.7 Å². The van der Waals surface area contributed by atoms with E-state index in [1.165, 1.54) is 23.9 Å². The molecule has 1 heterocycles. The van der Waals surface area contributed by atoms with E-state index in [9.17, 15) is 33.8 Å².